The number of rotatable bonds is 4. The summed E-state index contributed by atoms with van der Waals surface area (Å²) < 4.78 is 7.22. The molecule has 0 aliphatic heterocycles. The molecule has 3 aromatic rings. The second-order valence-electron chi connectivity index (χ2n) is 5.18. The third-order valence-electron chi connectivity index (χ3n) is 3.84. The van der Waals surface area contributed by atoms with Gasteiger partial charge in [-0.3, -0.25) is 0 Å². The molecule has 4 heteroatoms. The summed E-state index contributed by atoms with van der Waals surface area (Å²) in [5, 5.41) is 2.13. The van der Waals surface area contributed by atoms with Gasteiger partial charge in [0, 0.05) is 10.8 Å². The summed E-state index contributed by atoms with van der Waals surface area (Å²) in [6.45, 7) is 4.24. The van der Waals surface area contributed by atoms with Gasteiger partial charge in [-0.1, -0.05) is 36.7 Å². The maximum absolute atomic E-state index is 12.0. The number of para-hydroxylation sites is 1. The summed E-state index contributed by atoms with van der Waals surface area (Å²) in [5.74, 6) is -0.292. The molecule has 0 bridgehead atoms. The first-order valence-corrected chi connectivity index (χ1v) is 7.94. The number of carbonyl (C=O) groups excluding carboxylic acids is 1. The second kappa shape index (κ2) is 6.01. The number of carbonyl (C=O) groups is 1. The Balaban J connectivity index is 2.29. The summed E-state index contributed by atoms with van der Waals surface area (Å²) in [5.41, 5.74) is 2.58. The van der Waals surface area contributed by atoms with Crippen molar-refractivity contribution in [2.24, 2.45) is 0 Å². The lowest BCUT2D eigenvalue weighted by molar-refractivity contribution is 0.0526. The quantitative estimate of drug-likeness (QED) is 0.494. The SMILES string of the molecule is CCOC(=O)c1ccc2c(c1)c1ccccc1n2C(Cl)CC. The lowest BCUT2D eigenvalue weighted by Crippen LogP contribution is -2.04. The molecule has 0 saturated heterocycles. The van der Waals surface area contributed by atoms with Gasteiger partial charge in [0.15, 0.2) is 0 Å². The standard InChI is InChI=1S/C18H18ClNO2/c1-3-17(19)20-15-8-6-5-7-13(15)14-11-12(9-10-16(14)20)18(21)22-4-2/h5-11,17H,3-4H2,1-2H3. The molecule has 2 aromatic carbocycles. The van der Waals surface area contributed by atoms with E-state index in [1.807, 2.05) is 31.2 Å². The molecule has 0 radical (unpaired) electrons. The summed E-state index contributed by atoms with van der Waals surface area (Å²) in [7, 11) is 0. The normalized spacial score (nSPS) is 12.7. The van der Waals surface area contributed by atoms with Crippen LogP contribution in [0, 0.1) is 0 Å². The number of aromatic nitrogens is 1. The van der Waals surface area contributed by atoms with Gasteiger partial charge in [-0.2, -0.15) is 0 Å². The van der Waals surface area contributed by atoms with Crippen LogP contribution in [0.4, 0.5) is 0 Å². The number of halogens is 1. The van der Waals surface area contributed by atoms with Crippen LogP contribution in [0.5, 0.6) is 0 Å². The fourth-order valence-corrected chi connectivity index (χ4v) is 3.04. The first-order chi connectivity index (χ1) is 10.7. The van der Waals surface area contributed by atoms with Crippen LogP contribution in [-0.4, -0.2) is 17.1 Å². The first-order valence-electron chi connectivity index (χ1n) is 7.51. The van der Waals surface area contributed by atoms with Gasteiger partial charge in [0.1, 0.15) is 5.50 Å². The Labute approximate surface area is 134 Å². The first kappa shape index (κ1) is 14.9. The number of hydrogen-bond donors (Lipinski definition) is 0. The maximum atomic E-state index is 12.0. The molecule has 1 heterocycles. The lowest BCUT2D eigenvalue weighted by atomic mass is 10.1. The predicted octanol–water partition coefficient (Wildman–Crippen LogP) is 5.12. The van der Waals surface area contributed by atoms with E-state index in [0.717, 1.165) is 28.2 Å². The third kappa shape index (κ3) is 2.35. The van der Waals surface area contributed by atoms with Crippen LogP contribution in [0.3, 0.4) is 0 Å². The molecule has 1 aromatic heterocycles. The topological polar surface area (TPSA) is 31.2 Å². The van der Waals surface area contributed by atoms with Crippen molar-refractivity contribution in [1.29, 1.82) is 0 Å². The molecule has 0 spiro atoms. The third-order valence-corrected chi connectivity index (χ3v) is 4.34. The Morgan fingerprint density at radius 1 is 1.14 bits per heavy atom. The Morgan fingerprint density at radius 3 is 2.59 bits per heavy atom. The van der Waals surface area contributed by atoms with Crippen LogP contribution in [0.25, 0.3) is 21.8 Å². The molecule has 114 valence electrons. The largest absolute Gasteiger partial charge is 0.462 e. The highest BCUT2D eigenvalue weighted by atomic mass is 35.5. The van der Waals surface area contributed by atoms with E-state index in [2.05, 4.69) is 23.6 Å². The number of nitrogens with zero attached hydrogens (tertiary/aromatic N) is 1. The zero-order chi connectivity index (χ0) is 15.7. The average molecular weight is 316 g/mol. The summed E-state index contributed by atoms with van der Waals surface area (Å²) in [6.07, 6.45) is 0.828. The van der Waals surface area contributed by atoms with Gasteiger partial charge in [0.05, 0.1) is 23.2 Å². The molecule has 0 amide bonds. The van der Waals surface area contributed by atoms with Gasteiger partial charge in [-0.15, -0.1) is 0 Å². The van der Waals surface area contributed by atoms with Crippen LogP contribution in [-0.2, 0) is 4.74 Å². The minimum absolute atomic E-state index is 0.115. The van der Waals surface area contributed by atoms with E-state index in [9.17, 15) is 4.79 Å². The predicted molar refractivity (Wildman–Crippen MR) is 90.6 cm³/mol. The summed E-state index contributed by atoms with van der Waals surface area (Å²) >= 11 is 6.51. The van der Waals surface area contributed by atoms with Gasteiger partial charge in [-0.25, -0.2) is 4.79 Å². The van der Waals surface area contributed by atoms with Crippen molar-refractivity contribution in [2.45, 2.75) is 25.8 Å². The highest BCUT2D eigenvalue weighted by Gasteiger charge is 2.17. The molecule has 0 saturated carbocycles. The van der Waals surface area contributed by atoms with E-state index < -0.39 is 0 Å². The van der Waals surface area contributed by atoms with Crippen molar-refractivity contribution in [2.75, 3.05) is 6.61 Å². The van der Waals surface area contributed by atoms with Crippen molar-refractivity contribution < 1.29 is 9.53 Å². The zero-order valence-corrected chi connectivity index (χ0v) is 13.4. The van der Waals surface area contributed by atoms with Crippen LogP contribution in [0.15, 0.2) is 42.5 Å². The van der Waals surface area contributed by atoms with Crippen molar-refractivity contribution >= 4 is 39.4 Å². The smallest absolute Gasteiger partial charge is 0.338 e. The lowest BCUT2D eigenvalue weighted by Gasteiger charge is -2.12. The molecule has 22 heavy (non-hydrogen) atoms. The Hall–Kier alpha value is -2.00. The van der Waals surface area contributed by atoms with Gasteiger partial charge < -0.3 is 9.30 Å². The van der Waals surface area contributed by atoms with Gasteiger partial charge in [0.2, 0.25) is 0 Å². The fourth-order valence-electron chi connectivity index (χ4n) is 2.83. The molecule has 0 N–H and O–H groups in total. The van der Waals surface area contributed by atoms with Crippen molar-refractivity contribution in [3.05, 3.63) is 48.0 Å². The van der Waals surface area contributed by atoms with E-state index in [-0.39, 0.29) is 11.5 Å². The van der Waals surface area contributed by atoms with E-state index in [0.29, 0.717) is 12.2 Å². The molecular formula is C18H18ClNO2. The molecule has 1 atom stereocenters. The Morgan fingerprint density at radius 2 is 1.86 bits per heavy atom. The number of fused-ring (bicyclic) bond motifs is 3. The fraction of sp³-hybridized carbons (Fsp3) is 0.278. The maximum Gasteiger partial charge on any atom is 0.338 e. The average Bonchev–Trinajstić information content (AvgIpc) is 2.88. The molecule has 1 unspecified atom stereocenters. The van der Waals surface area contributed by atoms with E-state index in [1.165, 1.54) is 0 Å². The highest BCUT2D eigenvalue weighted by molar-refractivity contribution is 6.21. The second-order valence-corrected chi connectivity index (χ2v) is 5.69. The number of ether oxygens (including phenoxy) is 1. The van der Waals surface area contributed by atoms with Gasteiger partial charge in [0.25, 0.3) is 0 Å². The monoisotopic (exact) mass is 315 g/mol. The van der Waals surface area contributed by atoms with E-state index in [4.69, 9.17) is 16.3 Å². The van der Waals surface area contributed by atoms with Crippen LogP contribution >= 0.6 is 11.6 Å². The van der Waals surface area contributed by atoms with Crippen molar-refractivity contribution in [1.82, 2.24) is 4.57 Å². The molecular weight excluding hydrogens is 298 g/mol. The summed E-state index contributed by atoms with van der Waals surface area (Å²) in [6, 6.07) is 13.8. The molecule has 3 nitrogen and oxygen atoms in total. The zero-order valence-electron chi connectivity index (χ0n) is 12.7. The number of hydrogen-bond acceptors (Lipinski definition) is 2. The minimum Gasteiger partial charge on any atom is -0.462 e. The van der Waals surface area contributed by atoms with Crippen molar-refractivity contribution in [3.63, 3.8) is 0 Å². The van der Waals surface area contributed by atoms with Gasteiger partial charge in [-0.05, 0) is 37.6 Å². The van der Waals surface area contributed by atoms with E-state index >= 15 is 0 Å². The minimum atomic E-state index is -0.292. The van der Waals surface area contributed by atoms with Crippen LogP contribution < -0.4 is 0 Å². The van der Waals surface area contributed by atoms with Gasteiger partial charge >= 0.3 is 5.97 Å². The molecule has 0 aliphatic rings. The van der Waals surface area contributed by atoms with Crippen molar-refractivity contribution in [3.8, 4) is 0 Å². The van der Waals surface area contributed by atoms with Crippen LogP contribution in [0.2, 0.25) is 0 Å². The van der Waals surface area contributed by atoms with E-state index in [1.54, 1.807) is 6.07 Å². The number of esters is 1. The number of alkyl halides is 1. The molecule has 0 fully saturated rings. The molecule has 0 aliphatic carbocycles. The molecule has 3 rings (SSSR count). The number of benzene rings is 2. The summed E-state index contributed by atoms with van der Waals surface area (Å²) in [4.78, 5) is 12.0. The Bertz CT molecular complexity index is 838. The highest BCUT2D eigenvalue weighted by Crippen LogP contribution is 2.34. The van der Waals surface area contributed by atoms with Crippen LogP contribution in [0.1, 0.15) is 36.1 Å². The Kier molecular flexibility index (Phi) is 4.08.